The zero-order valence-corrected chi connectivity index (χ0v) is 11.1. The first-order chi connectivity index (χ1) is 6.56. The summed E-state index contributed by atoms with van der Waals surface area (Å²) in [4.78, 5) is 0. The van der Waals surface area contributed by atoms with Gasteiger partial charge in [-0.15, -0.1) is 0 Å². The van der Waals surface area contributed by atoms with Gasteiger partial charge in [0.15, 0.2) is 0 Å². The first-order valence-electron chi connectivity index (χ1n) is 4.89. The molecule has 1 atom stereocenters. The fraction of sp³-hybridized carbons (Fsp3) is 0.455. The Morgan fingerprint density at radius 3 is 2.36 bits per heavy atom. The van der Waals surface area contributed by atoms with Crippen LogP contribution in [-0.2, 0) is 4.57 Å². The molecule has 0 aliphatic rings. The van der Waals surface area contributed by atoms with Crippen LogP contribution in [0.25, 0.3) is 0 Å². The molecule has 1 aromatic rings. The standard InChI is InChI=1S/C11H16BrOP/c1-3-4-9-14(2,13)11-7-5-10(12)6-8-11/h5-8H,3-4,9H2,1-2H3. The molecule has 0 saturated heterocycles. The number of rotatable bonds is 4. The molecule has 0 spiro atoms. The fourth-order valence-electron chi connectivity index (χ4n) is 1.35. The number of benzene rings is 1. The summed E-state index contributed by atoms with van der Waals surface area (Å²) in [5, 5.41) is 0.995. The molecule has 3 heteroatoms. The first kappa shape index (κ1) is 12.0. The molecule has 0 aliphatic carbocycles. The second-order valence-corrected chi connectivity index (χ2v) is 7.74. The van der Waals surface area contributed by atoms with Gasteiger partial charge in [0.1, 0.15) is 7.14 Å². The van der Waals surface area contributed by atoms with Gasteiger partial charge < -0.3 is 4.57 Å². The normalized spacial score (nSPS) is 15.1. The topological polar surface area (TPSA) is 17.1 Å². The van der Waals surface area contributed by atoms with Gasteiger partial charge in [-0.05, 0) is 25.2 Å². The van der Waals surface area contributed by atoms with E-state index in [4.69, 9.17) is 0 Å². The lowest BCUT2D eigenvalue weighted by Gasteiger charge is -2.12. The second kappa shape index (κ2) is 5.14. The summed E-state index contributed by atoms with van der Waals surface area (Å²) < 4.78 is 13.3. The van der Waals surface area contributed by atoms with E-state index in [-0.39, 0.29) is 0 Å². The van der Waals surface area contributed by atoms with Crippen LogP contribution in [-0.4, -0.2) is 12.8 Å². The van der Waals surface area contributed by atoms with Gasteiger partial charge in [0.25, 0.3) is 0 Å². The summed E-state index contributed by atoms with van der Waals surface area (Å²) in [5.41, 5.74) is 0. The molecule has 0 aromatic heterocycles. The number of halogens is 1. The Balaban J connectivity index is 2.81. The lowest BCUT2D eigenvalue weighted by molar-refractivity contribution is 0.582. The van der Waals surface area contributed by atoms with Crippen LogP contribution in [0.4, 0.5) is 0 Å². The summed E-state index contributed by atoms with van der Waals surface area (Å²) in [6.07, 6.45) is 2.98. The Hall–Kier alpha value is -0.0700. The number of hydrogen-bond acceptors (Lipinski definition) is 1. The highest BCUT2D eigenvalue weighted by Crippen LogP contribution is 2.40. The minimum atomic E-state index is -2.10. The van der Waals surface area contributed by atoms with Gasteiger partial charge in [-0.1, -0.05) is 41.4 Å². The molecule has 0 radical (unpaired) electrons. The lowest BCUT2D eigenvalue weighted by Crippen LogP contribution is -2.06. The zero-order chi connectivity index (χ0) is 10.6. The summed E-state index contributed by atoms with van der Waals surface area (Å²) >= 11 is 3.38. The average molecular weight is 275 g/mol. The molecule has 1 unspecified atom stereocenters. The SMILES string of the molecule is CCCCP(C)(=O)c1ccc(Br)cc1. The zero-order valence-electron chi connectivity index (χ0n) is 8.66. The maximum atomic E-state index is 12.3. The molecule has 1 nitrogen and oxygen atoms in total. The highest BCUT2D eigenvalue weighted by Gasteiger charge is 2.16. The third-order valence-corrected chi connectivity index (χ3v) is 5.40. The minimum Gasteiger partial charge on any atom is -0.319 e. The smallest absolute Gasteiger partial charge is 0.112 e. The predicted molar refractivity (Wildman–Crippen MR) is 67.1 cm³/mol. The maximum absolute atomic E-state index is 12.3. The molecule has 0 aliphatic heterocycles. The van der Waals surface area contributed by atoms with Crippen LogP contribution in [0.1, 0.15) is 19.8 Å². The van der Waals surface area contributed by atoms with Gasteiger partial charge in [0.05, 0.1) is 0 Å². The van der Waals surface area contributed by atoms with Crippen molar-refractivity contribution < 1.29 is 4.57 Å². The Labute approximate surface area is 94.4 Å². The van der Waals surface area contributed by atoms with Crippen molar-refractivity contribution >= 4 is 28.4 Å². The molecule has 1 aromatic carbocycles. The Morgan fingerprint density at radius 1 is 1.29 bits per heavy atom. The van der Waals surface area contributed by atoms with Crippen molar-refractivity contribution in [2.75, 3.05) is 12.8 Å². The van der Waals surface area contributed by atoms with Crippen LogP contribution in [0.2, 0.25) is 0 Å². The van der Waals surface area contributed by atoms with Crippen molar-refractivity contribution in [3.8, 4) is 0 Å². The number of hydrogen-bond donors (Lipinski definition) is 0. The highest BCUT2D eigenvalue weighted by molar-refractivity contribution is 9.10. The molecule has 0 amide bonds. The van der Waals surface area contributed by atoms with Crippen LogP contribution in [0.5, 0.6) is 0 Å². The average Bonchev–Trinajstić information content (AvgIpc) is 2.16. The van der Waals surface area contributed by atoms with E-state index in [0.29, 0.717) is 0 Å². The summed E-state index contributed by atoms with van der Waals surface area (Å²) in [6.45, 7) is 4.01. The van der Waals surface area contributed by atoms with Gasteiger partial charge >= 0.3 is 0 Å². The van der Waals surface area contributed by atoms with Crippen LogP contribution in [0.15, 0.2) is 28.7 Å². The first-order valence-corrected chi connectivity index (χ1v) is 8.02. The van der Waals surface area contributed by atoms with Crippen LogP contribution in [0, 0.1) is 0 Å². The van der Waals surface area contributed by atoms with Gasteiger partial charge in [0.2, 0.25) is 0 Å². The lowest BCUT2D eigenvalue weighted by atomic mass is 10.4. The summed E-state index contributed by atoms with van der Waals surface area (Å²) in [5.74, 6) is 0. The minimum absolute atomic E-state index is 0.825. The number of unbranched alkanes of at least 4 members (excludes halogenated alkanes) is 1. The summed E-state index contributed by atoms with van der Waals surface area (Å²) in [7, 11) is -2.10. The Bertz CT molecular complexity index is 332. The molecule has 78 valence electrons. The van der Waals surface area contributed by atoms with E-state index in [1.54, 1.807) is 0 Å². The van der Waals surface area contributed by atoms with E-state index in [2.05, 4.69) is 22.9 Å². The molecule has 14 heavy (non-hydrogen) atoms. The van der Waals surface area contributed by atoms with Crippen molar-refractivity contribution in [2.24, 2.45) is 0 Å². The molecule has 0 N–H and O–H groups in total. The Morgan fingerprint density at radius 2 is 1.86 bits per heavy atom. The summed E-state index contributed by atoms with van der Waals surface area (Å²) in [6, 6.07) is 7.83. The van der Waals surface area contributed by atoms with Gasteiger partial charge in [0, 0.05) is 15.9 Å². The van der Waals surface area contributed by atoms with Crippen LogP contribution < -0.4 is 5.30 Å². The largest absolute Gasteiger partial charge is 0.319 e. The Kier molecular flexibility index (Phi) is 4.40. The van der Waals surface area contributed by atoms with E-state index in [1.165, 1.54) is 0 Å². The van der Waals surface area contributed by atoms with E-state index >= 15 is 0 Å². The second-order valence-electron chi connectivity index (χ2n) is 3.65. The van der Waals surface area contributed by atoms with Crippen molar-refractivity contribution in [3.05, 3.63) is 28.7 Å². The molecule has 0 saturated carbocycles. The van der Waals surface area contributed by atoms with Gasteiger partial charge in [-0.2, -0.15) is 0 Å². The van der Waals surface area contributed by atoms with E-state index in [0.717, 1.165) is 28.8 Å². The van der Waals surface area contributed by atoms with Crippen molar-refractivity contribution in [2.45, 2.75) is 19.8 Å². The molecule has 0 fully saturated rings. The van der Waals surface area contributed by atoms with Crippen LogP contribution >= 0.6 is 23.1 Å². The van der Waals surface area contributed by atoms with Crippen molar-refractivity contribution in [3.63, 3.8) is 0 Å². The van der Waals surface area contributed by atoms with E-state index < -0.39 is 7.14 Å². The molecular formula is C11H16BrOP. The molecule has 1 rings (SSSR count). The van der Waals surface area contributed by atoms with Gasteiger partial charge in [-0.25, -0.2) is 0 Å². The van der Waals surface area contributed by atoms with Crippen molar-refractivity contribution in [1.29, 1.82) is 0 Å². The molecular weight excluding hydrogens is 259 g/mol. The third kappa shape index (κ3) is 3.25. The van der Waals surface area contributed by atoms with Crippen LogP contribution in [0.3, 0.4) is 0 Å². The molecule has 0 heterocycles. The molecule has 0 bridgehead atoms. The van der Waals surface area contributed by atoms with E-state index in [1.807, 2.05) is 30.9 Å². The van der Waals surface area contributed by atoms with E-state index in [9.17, 15) is 4.57 Å². The maximum Gasteiger partial charge on any atom is 0.112 e. The third-order valence-electron chi connectivity index (χ3n) is 2.31. The predicted octanol–water partition coefficient (Wildman–Crippen LogP) is 3.87. The fourth-order valence-corrected chi connectivity index (χ4v) is 3.57. The monoisotopic (exact) mass is 274 g/mol. The highest BCUT2D eigenvalue weighted by atomic mass is 79.9. The van der Waals surface area contributed by atoms with Crippen molar-refractivity contribution in [1.82, 2.24) is 0 Å². The quantitative estimate of drug-likeness (QED) is 0.762. The van der Waals surface area contributed by atoms with Gasteiger partial charge in [-0.3, -0.25) is 0 Å².